The summed E-state index contributed by atoms with van der Waals surface area (Å²) in [4.78, 5) is 35.8. The number of allylic oxidation sites excluding steroid dienone is 5. The van der Waals surface area contributed by atoms with E-state index in [1.807, 2.05) is 13.1 Å². The van der Waals surface area contributed by atoms with Crippen molar-refractivity contribution in [2.24, 2.45) is 0 Å². The summed E-state index contributed by atoms with van der Waals surface area (Å²) in [5, 5.41) is 3.07. The summed E-state index contributed by atoms with van der Waals surface area (Å²) in [7, 11) is 0. The molecule has 0 unspecified atom stereocenters. The Kier molecular flexibility index (Phi) is 8.78. The van der Waals surface area contributed by atoms with Crippen molar-refractivity contribution in [3.05, 3.63) is 58.5 Å². The van der Waals surface area contributed by atoms with Gasteiger partial charge in [0.1, 0.15) is 0 Å². The molecule has 1 aliphatic carbocycles. The van der Waals surface area contributed by atoms with Gasteiger partial charge in [0.25, 0.3) is 5.91 Å². The van der Waals surface area contributed by atoms with Crippen LogP contribution in [0, 0.1) is 0 Å². The summed E-state index contributed by atoms with van der Waals surface area (Å²) < 4.78 is 0. The molecule has 0 aromatic carbocycles. The molecular weight excluding hydrogens is 448 g/mol. The highest BCUT2D eigenvalue weighted by molar-refractivity contribution is 6.02. The molecule has 1 fully saturated rings. The SMILES string of the molecule is CCN(c1cncc2c1CC=CCCCC1=C(CNC2=O)C(=O)CC(C)=C1)C1CCN(C(C)C)CC1. The third kappa shape index (κ3) is 5.97. The summed E-state index contributed by atoms with van der Waals surface area (Å²) in [6.07, 6.45) is 16.4. The van der Waals surface area contributed by atoms with Gasteiger partial charge in [-0.1, -0.05) is 23.8 Å². The molecule has 36 heavy (non-hydrogen) atoms. The number of nitrogens with zero attached hydrogens (tertiary/aromatic N) is 3. The van der Waals surface area contributed by atoms with Crippen molar-refractivity contribution in [3.8, 4) is 0 Å². The van der Waals surface area contributed by atoms with E-state index in [1.54, 1.807) is 6.20 Å². The number of aromatic nitrogens is 1. The average Bonchev–Trinajstić information content (AvgIpc) is 2.87. The first-order valence-corrected chi connectivity index (χ1v) is 13.7. The number of hydrogen-bond acceptors (Lipinski definition) is 5. The van der Waals surface area contributed by atoms with Crippen LogP contribution in [0.15, 0.2) is 47.3 Å². The van der Waals surface area contributed by atoms with Crippen molar-refractivity contribution in [3.63, 3.8) is 0 Å². The van der Waals surface area contributed by atoms with Crippen LogP contribution >= 0.6 is 0 Å². The van der Waals surface area contributed by atoms with Crippen LogP contribution in [0.4, 0.5) is 5.69 Å². The lowest BCUT2D eigenvalue weighted by Crippen LogP contribution is -2.47. The van der Waals surface area contributed by atoms with Crippen LogP contribution in [0.25, 0.3) is 0 Å². The maximum atomic E-state index is 13.5. The van der Waals surface area contributed by atoms with Crippen molar-refractivity contribution in [1.82, 2.24) is 15.2 Å². The number of piperidine rings is 1. The van der Waals surface area contributed by atoms with E-state index in [-0.39, 0.29) is 18.2 Å². The summed E-state index contributed by atoms with van der Waals surface area (Å²) in [6, 6.07) is 1.02. The molecule has 1 aromatic heterocycles. The second-order valence-electron chi connectivity index (χ2n) is 10.7. The minimum absolute atomic E-state index is 0.132. The van der Waals surface area contributed by atoms with Crippen LogP contribution in [0.5, 0.6) is 0 Å². The van der Waals surface area contributed by atoms with E-state index in [2.05, 4.69) is 59.1 Å². The Labute approximate surface area is 216 Å². The minimum atomic E-state index is -0.149. The highest BCUT2D eigenvalue weighted by Gasteiger charge is 2.28. The molecule has 3 aliphatic rings. The van der Waals surface area contributed by atoms with Crippen LogP contribution < -0.4 is 10.2 Å². The summed E-state index contributed by atoms with van der Waals surface area (Å²) in [6.45, 7) is 12.1. The lowest BCUT2D eigenvalue weighted by molar-refractivity contribution is -0.115. The van der Waals surface area contributed by atoms with Crippen LogP contribution in [-0.4, -0.2) is 59.8 Å². The zero-order chi connectivity index (χ0) is 25.7. The Hall–Kier alpha value is -2.73. The molecule has 4 rings (SSSR count). The number of hydrogen-bond donors (Lipinski definition) is 1. The minimum Gasteiger partial charge on any atom is -0.367 e. The predicted octanol–water partition coefficient (Wildman–Crippen LogP) is 5.01. The van der Waals surface area contributed by atoms with Crippen LogP contribution in [0.3, 0.4) is 0 Å². The molecule has 1 saturated heterocycles. The van der Waals surface area contributed by atoms with E-state index < -0.39 is 0 Å². The van der Waals surface area contributed by atoms with Gasteiger partial charge in [-0.3, -0.25) is 14.6 Å². The lowest BCUT2D eigenvalue weighted by Gasteiger charge is -2.41. The molecule has 1 aromatic rings. The van der Waals surface area contributed by atoms with E-state index in [0.717, 1.165) is 79.7 Å². The standard InChI is InChI=1S/C30H42N4O2/c1-5-34(24-12-14-33(15-13-24)21(2)3)28-20-31-18-27-25(28)11-9-7-6-8-10-23-16-22(4)17-29(35)26(23)19-32-30(27)36/h7,9,16,18,20-21,24H,5-6,8,10-15,17,19H2,1-4H3,(H,32,36). The second kappa shape index (κ2) is 12.0. The van der Waals surface area contributed by atoms with Gasteiger partial charge in [0, 0.05) is 56.5 Å². The van der Waals surface area contributed by atoms with Gasteiger partial charge >= 0.3 is 0 Å². The van der Waals surface area contributed by atoms with Crippen LogP contribution in [0.2, 0.25) is 0 Å². The van der Waals surface area contributed by atoms with Gasteiger partial charge in [0.15, 0.2) is 5.78 Å². The number of ketones is 1. The van der Waals surface area contributed by atoms with E-state index in [4.69, 9.17) is 0 Å². The van der Waals surface area contributed by atoms with Crippen LogP contribution in [0.1, 0.15) is 82.1 Å². The van der Waals surface area contributed by atoms with Gasteiger partial charge in [0.05, 0.1) is 17.4 Å². The first kappa shape index (κ1) is 26.3. The fourth-order valence-corrected chi connectivity index (χ4v) is 5.88. The van der Waals surface area contributed by atoms with Crippen molar-refractivity contribution >= 4 is 17.4 Å². The topological polar surface area (TPSA) is 65.5 Å². The summed E-state index contributed by atoms with van der Waals surface area (Å²) in [5.74, 6) is -0.0173. The van der Waals surface area contributed by atoms with Crippen molar-refractivity contribution in [2.75, 3.05) is 31.1 Å². The smallest absolute Gasteiger partial charge is 0.253 e. The maximum Gasteiger partial charge on any atom is 0.253 e. The average molecular weight is 491 g/mol. The van der Waals surface area contributed by atoms with Crippen molar-refractivity contribution in [1.29, 1.82) is 0 Å². The number of rotatable bonds is 4. The van der Waals surface area contributed by atoms with E-state index in [9.17, 15) is 9.59 Å². The number of likely N-dealkylation sites (tertiary alicyclic amines) is 1. The first-order valence-electron chi connectivity index (χ1n) is 13.7. The molecule has 1 amide bonds. The fourth-order valence-electron chi connectivity index (χ4n) is 5.88. The molecule has 6 nitrogen and oxygen atoms in total. The van der Waals surface area contributed by atoms with Gasteiger partial charge < -0.3 is 15.1 Å². The Morgan fingerprint density at radius 1 is 1.17 bits per heavy atom. The maximum absolute atomic E-state index is 13.5. The number of anilines is 1. The Bertz CT molecular complexity index is 1060. The molecule has 0 saturated carbocycles. The van der Waals surface area contributed by atoms with Gasteiger partial charge in [-0.15, -0.1) is 0 Å². The molecule has 0 atom stereocenters. The molecule has 1 N–H and O–H groups in total. The van der Waals surface area contributed by atoms with Gasteiger partial charge in [-0.25, -0.2) is 0 Å². The monoisotopic (exact) mass is 490 g/mol. The van der Waals surface area contributed by atoms with E-state index >= 15 is 0 Å². The van der Waals surface area contributed by atoms with Gasteiger partial charge in [-0.05, 0) is 77.4 Å². The molecule has 194 valence electrons. The molecule has 6 heteroatoms. The molecular formula is C30H42N4O2. The number of carbonyl (C=O) groups is 2. The van der Waals surface area contributed by atoms with Gasteiger partial charge in [0.2, 0.25) is 0 Å². The Morgan fingerprint density at radius 2 is 1.94 bits per heavy atom. The van der Waals surface area contributed by atoms with Crippen molar-refractivity contribution in [2.45, 2.75) is 84.7 Å². The third-order valence-corrected chi connectivity index (χ3v) is 7.92. The normalized spacial score (nSPS) is 20.6. The zero-order valence-electron chi connectivity index (χ0n) is 22.5. The van der Waals surface area contributed by atoms with E-state index in [1.165, 1.54) is 0 Å². The largest absolute Gasteiger partial charge is 0.367 e. The van der Waals surface area contributed by atoms with E-state index in [0.29, 0.717) is 30.5 Å². The van der Waals surface area contributed by atoms with Crippen LogP contribution in [-0.2, 0) is 11.2 Å². The molecule has 0 radical (unpaired) electrons. The number of nitrogens with one attached hydrogen (secondary N) is 1. The lowest BCUT2D eigenvalue weighted by atomic mass is 9.89. The first-order chi connectivity index (χ1) is 17.4. The third-order valence-electron chi connectivity index (χ3n) is 7.92. The summed E-state index contributed by atoms with van der Waals surface area (Å²) >= 11 is 0. The zero-order valence-corrected chi connectivity index (χ0v) is 22.5. The Morgan fingerprint density at radius 3 is 2.67 bits per heavy atom. The number of amides is 1. The highest BCUT2D eigenvalue weighted by atomic mass is 16.2. The number of pyridine rings is 1. The van der Waals surface area contributed by atoms with Gasteiger partial charge in [-0.2, -0.15) is 0 Å². The molecule has 0 spiro atoms. The molecule has 3 heterocycles. The molecule has 0 bridgehead atoms. The number of carbonyl (C=O) groups excluding carboxylic acids is 2. The van der Waals surface area contributed by atoms with Crippen molar-refractivity contribution < 1.29 is 9.59 Å². The summed E-state index contributed by atoms with van der Waals surface area (Å²) in [5.41, 5.74) is 5.66. The predicted molar refractivity (Wildman–Crippen MR) is 146 cm³/mol. The number of fused-ring (bicyclic) bond motifs is 1. The number of Topliss-reactive ketones (excluding diaryl/α,β-unsaturated/α-hetero) is 1. The molecule has 2 aliphatic heterocycles. The Balaban J connectivity index is 1.63. The highest BCUT2D eigenvalue weighted by Crippen LogP contribution is 2.30. The second-order valence-corrected chi connectivity index (χ2v) is 10.7. The fraction of sp³-hybridized carbons (Fsp3) is 0.567. The quantitative estimate of drug-likeness (QED) is 0.601.